The number of benzene rings is 2. The van der Waals surface area contributed by atoms with Crippen molar-refractivity contribution in [3.63, 3.8) is 0 Å². The molecule has 0 aliphatic rings. The van der Waals surface area contributed by atoms with Gasteiger partial charge in [-0.2, -0.15) is 0 Å². The Morgan fingerprint density at radius 2 is 1.47 bits per heavy atom. The van der Waals surface area contributed by atoms with Crippen molar-refractivity contribution in [3.8, 4) is 11.4 Å². The van der Waals surface area contributed by atoms with E-state index in [1.165, 1.54) is 21.9 Å². The first-order chi connectivity index (χ1) is 9.16. The van der Waals surface area contributed by atoms with E-state index < -0.39 is 0 Å². The second-order valence-electron chi connectivity index (χ2n) is 5.01. The van der Waals surface area contributed by atoms with E-state index in [9.17, 15) is 0 Å². The summed E-state index contributed by atoms with van der Waals surface area (Å²) in [5.74, 6) is 0.793. The van der Waals surface area contributed by atoms with Crippen molar-refractivity contribution in [2.45, 2.75) is 20.8 Å². The van der Waals surface area contributed by atoms with Crippen molar-refractivity contribution in [1.82, 2.24) is 9.97 Å². The molecule has 19 heavy (non-hydrogen) atoms. The largest absolute Gasteiger partial charge is 0.236 e. The van der Waals surface area contributed by atoms with Gasteiger partial charge in [-0.05, 0) is 48.2 Å². The molecule has 0 N–H and O–H groups in total. The summed E-state index contributed by atoms with van der Waals surface area (Å²) in [5.41, 5.74) is 4.77. The minimum Gasteiger partial charge on any atom is -0.236 e. The summed E-state index contributed by atoms with van der Waals surface area (Å²) in [4.78, 5) is 8.89. The van der Waals surface area contributed by atoms with Crippen LogP contribution in [0.1, 0.15) is 16.7 Å². The van der Waals surface area contributed by atoms with Gasteiger partial charge in [-0.1, -0.05) is 30.3 Å². The normalized spacial score (nSPS) is 10.9. The van der Waals surface area contributed by atoms with Crippen molar-refractivity contribution in [1.29, 1.82) is 0 Å². The van der Waals surface area contributed by atoms with Crippen LogP contribution < -0.4 is 0 Å². The van der Waals surface area contributed by atoms with Crippen LogP contribution in [0.25, 0.3) is 22.2 Å². The predicted molar refractivity (Wildman–Crippen MR) is 79.2 cm³/mol. The van der Waals surface area contributed by atoms with Gasteiger partial charge in [0.25, 0.3) is 0 Å². The number of aromatic nitrogens is 2. The molecule has 0 spiro atoms. The average Bonchev–Trinajstić information content (AvgIpc) is 2.41. The van der Waals surface area contributed by atoms with Crippen LogP contribution in [0.4, 0.5) is 0 Å². The minimum absolute atomic E-state index is 0.793. The summed E-state index contributed by atoms with van der Waals surface area (Å²) in [6, 6.07) is 10.6. The van der Waals surface area contributed by atoms with Crippen LogP contribution in [0.2, 0.25) is 0 Å². The maximum Gasteiger partial charge on any atom is 0.159 e. The van der Waals surface area contributed by atoms with E-state index in [1.807, 2.05) is 19.3 Å². The number of fused-ring (bicyclic) bond motifs is 1. The molecule has 0 atom stereocenters. The van der Waals surface area contributed by atoms with Crippen LogP contribution in [-0.2, 0) is 0 Å². The lowest BCUT2D eigenvalue weighted by molar-refractivity contribution is 1.14. The third-order valence-electron chi connectivity index (χ3n) is 3.48. The monoisotopic (exact) mass is 248 g/mol. The Labute approximate surface area is 113 Å². The van der Waals surface area contributed by atoms with Crippen molar-refractivity contribution < 1.29 is 0 Å². The number of hydrogen-bond acceptors (Lipinski definition) is 2. The Bertz CT molecular complexity index is 735. The van der Waals surface area contributed by atoms with E-state index in [1.54, 1.807) is 0 Å². The molecular weight excluding hydrogens is 232 g/mol. The van der Waals surface area contributed by atoms with Crippen molar-refractivity contribution in [2.24, 2.45) is 0 Å². The van der Waals surface area contributed by atoms with E-state index in [-0.39, 0.29) is 0 Å². The summed E-state index contributed by atoms with van der Waals surface area (Å²) in [7, 11) is 0. The fourth-order valence-electron chi connectivity index (χ4n) is 2.52. The molecule has 0 amide bonds. The van der Waals surface area contributed by atoms with Crippen LogP contribution in [0.3, 0.4) is 0 Å². The van der Waals surface area contributed by atoms with Gasteiger partial charge in [-0.3, -0.25) is 0 Å². The van der Waals surface area contributed by atoms with E-state index >= 15 is 0 Å². The number of aryl methyl sites for hydroxylation is 3. The molecule has 0 saturated heterocycles. The molecule has 0 fully saturated rings. The quantitative estimate of drug-likeness (QED) is 0.644. The SMILES string of the molecule is Cc1cnc(-c2ccc(C)c3c(C)cccc23)nc1. The topological polar surface area (TPSA) is 25.8 Å². The number of nitrogens with zero attached hydrogens (tertiary/aromatic N) is 2. The lowest BCUT2D eigenvalue weighted by Crippen LogP contribution is -1.92. The van der Waals surface area contributed by atoms with Gasteiger partial charge in [0, 0.05) is 18.0 Å². The van der Waals surface area contributed by atoms with E-state index in [0.717, 1.165) is 17.0 Å². The standard InChI is InChI=1S/C17H16N2/c1-11-9-18-17(19-10-11)15-8-7-13(3)16-12(2)5-4-6-14(15)16/h4-10H,1-3H3. The van der Waals surface area contributed by atoms with Gasteiger partial charge in [0.05, 0.1) is 0 Å². The summed E-state index contributed by atoms with van der Waals surface area (Å²) in [6.45, 7) is 6.30. The molecule has 0 bridgehead atoms. The maximum atomic E-state index is 4.45. The molecule has 0 aliphatic carbocycles. The summed E-state index contributed by atoms with van der Waals surface area (Å²) in [5, 5.41) is 2.54. The van der Waals surface area contributed by atoms with E-state index in [2.05, 4.69) is 54.1 Å². The highest BCUT2D eigenvalue weighted by atomic mass is 14.9. The first-order valence-corrected chi connectivity index (χ1v) is 6.45. The lowest BCUT2D eigenvalue weighted by atomic mass is 9.96. The van der Waals surface area contributed by atoms with Crippen molar-refractivity contribution >= 4 is 10.8 Å². The molecule has 2 nitrogen and oxygen atoms in total. The third kappa shape index (κ3) is 1.99. The summed E-state index contributed by atoms with van der Waals surface area (Å²) >= 11 is 0. The molecule has 2 heteroatoms. The Morgan fingerprint density at radius 1 is 0.789 bits per heavy atom. The van der Waals surface area contributed by atoms with Gasteiger partial charge in [0.1, 0.15) is 0 Å². The molecular formula is C17H16N2. The Balaban J connectivity index is 2.34. The van der Waals surface area contributed by atoms with Crippen LogP contribution in [-0.4, -0.2) is 9.97 Å². The van der Waals surface area contributed by atoms with Crippen LogP contribution >= 0.6 is 0 Å². The van der Waals surface area contributed by atoms with Gasteiger partial charge in [-0.15, -0.1) is 0 Å². The van der Waals surface area contributed by atoms with Gasteiger partial charge in [-0.25, -0.2) is 9.97 Å². The van der Waals surface area contributed by atoms with Crippen LogP contribution in [0, 0.1) is 20.8 Å². The molecule has 2 aromatic carbocycles. The Kier molecular flexibility index (Phi) is 2.79. The van der Waals surface area contributed by atoms with Gasteiger partial charge in [0.2, 0.25) is 0 Å². The number of rotatable bonds is 1. The molecule has 0 aliphatic heterocycles. The van der Waals surface area contributed by atoms with E-state index in [4.69, 9.17) is 0 Å². The molecule has 0 saturated carbocycles. The summed E-state index contributed by atoms with van der Waals surface area (Å²) in [6.07, 6.45) is 3.73. The minimum atomic E-state index is 0.793. The smallest absolute Gasteiger partial charge is 0.159 e. The Morgan fingerprint density at radius 3 is 2.21 bits per heavy atom. The number of hydrogen-bond donors (Lipinski definition) is 0. The van der Waals surface area contributed by atoms with Gasteiger partial charge in [0.15, 0.2) is 5.82 Å². The highest BCUT2D eigenvalue weighted by molar-refractivity contribution is 5.98. The van der Waals surface area contributed by atoms with E-state index in [0.29, 0.717) is 0 Å². The second-order valence-corrected chi connectivity index (χ2v) is 5.01. The van der Waals surface area contributed by atoms with Crippen molar-refractivity contribution in [3.05, 3.63) is 59.4 Å². The highest BCUT2D eigenvalue weighted by Crippen LogP contribution is 2.30. The molecule has 3 rings (SSSR count). The molecule has 1 heterocycles. The van der Waals surface area contributed by atoms with Gasteiger partial charge < -0.3 is 0 Å². The maximum absolute atomic E-state index is 4.45. The predicted octanol–water partition coefficient (Wildman–Crippen LogP) is 4.22. The lowest BCUT2D eigenvalue weighted by Gasteiger charge is -2.10. The first-order valence-electron chi connectivity index (χ1n) is 6.45. The first kappa shape index (κ1) is 11.8. The molecule has 94 valence electrons. The Hall–Kier alpha value is -2.22. The van der Waals surface area contributed by atoms with Crippen LogP contribution in [0.15, 0.2) is 42.7 Å². The zero-order chi connectivity index (χ0) is 13.4. The molecule has 0 radical (unpaired) electrons. The van der Waals surface area contributed by atoms with Crippen molar-refractivity contribution in [2.75, 3.05) is 0 Å². The second kappa shape index (κ2) is 4.47. The average molecular weight is 248 g/mol. The fraction of sp³-hybridized carbons (Fsp3) is 0.176. The fourth-order valence-corrected chi connectivity index (χ4v) is 2.52. The van der Waals surface area contributed by atoms with Crippen LogP contribution in [0.5, 0.6) is 0 Å². The molecule has 1 aromatic heterocycles. The highest BCUT2D eigenvalue weighted by Gasteiger charge is 2.09. The summed E-state index contributed by atoms with van der Waals surface area (Å²) < 4.78 is 0. The molecule has 0 unspecified atom stereocenters. The zero-order valence-corrected chi connectivity index (χ0v) is 11.4. The van der Waals surface area contributed by atoms with Gasteiger partial charge >= 0.3 is 0 Å². The zero-order valence-electron chi connectivity index (χ0n) is 11.4. The third-order valence-corrected chi connectivity index (χ3v) is 3.48. The molecule has 3 aromatic rings.